The fourth-order valence-electron chi connectivity index (χ4n) is 1.67. The number of hydrogen-bond acceptors (Lipinski definition) is 2. The van der Waals surface area contributed by atoms with Crippen molar-refractivity contribution in [1.29, 1.82) is 0 Å². The molecule has 1 fully saturated rings. The molecular formula is C10H12N2O3. The minimum absolute atomic E-state index is 0.00176. The first-order valence-corrected chi connectivity index (χ1v) is 4.84. The van der Waals surface area contributed by atoms with Gasteiger partial charge in [0, 0.05) is 12.2 Å². The highest BCUT2D eigenvalue weighted by Crippen LogP contribution is 2.27. The van der Waals surface area contributed by atoms with Crippen LogP contribution in [0.1, 0.15) is 23.3 Å². The van der Waals surface area contributed by atoms with E-state index in [2.05, 4.69) is 10.3 Å². The van der Waals surface area contributed by atoms with Gasteiger partial charge >= 0.3 is 5.97 Å². The third kappa shape index (κ3) is 2.01. The molecule has 5 heteroatoms. The van der Waals surface area contributed by atoms with Gasteiger partial charge in [-0.05, 0) is 25.0 Å². The highest BCUT2D eigenvalue weighted by atomic mass is 16.4. The van der Waals surface area contributed by atoms with E-state index in [0.717, 1.165) is 0 Å². The molecule has 0 bridgehead atoms. The van der Waals surface area contributed by atoms with Crippen molar-refractivity contribution in [1.82, 2.24) is 10.3 Å². The summed E-state index contributed by atoms with van der Waals surface area (Å²) in [6, 6.07) is 3.43. The van der Waals surface area contributed by atoms with E-state index in [-0.39, 0.29) is 17.9 Å². The molecule has 15 heavy (non-hydrogen) atoms. The molecule has 0 spiro atoms. The zero-order valence-corrected chi connectivity index (χ0v) is 8.06. The summed E-state index contributed by atoms with van der Waals surface area (Å²) in [7, 11) is 0. The summed E-state index contributed by atoms with van der Waals surface area (Å²) >= 11 is 0. The number of carboxylic acid groups (broad SMARTS) is 1. The molecule has 1 aliphatic carbocycles. The Hall–Kier alpha value is -1.78. The number of aromatic amines is 1. The molecule has 0 aromatic carbocycles. The molecular weight excluding hydrogens is 196 g/mol. The standard InChI is InChI=1S/C10H12N2O3/c13-9(8-2-1-3-11-8)12-7-4-6(5-7)10(14)15/h1-3,6-7,11H,4-5H2,(H,12,13)(H,14,15). The van der Waals surface area contributed by atoms with Crippen LogP contribution in [0.5, 0.6) is 0 Å². The summed E-state index contributed by atoms with van der Waals surface area (Å²) in [5.74, 6) is -1.24. The fraction of sp³-hybridized carbons (Fsp3) is 0.400. The predicted molar refractivity (Wildman–Crippen MR) is 52.4 cm³/mol. The van der Waals surface area contributed by atoms with Gasteiger partial charge < -0.3 is 15.4 Å². The second kappa shape index (κ2) is 3.76. The number of carbonyl (C=O) groups is 2. The first-order chi connectivity index (χ1) is 7.16. The molecule has 1 heterocycles. The Kier molecular flexibility index (Phi) is 2.45. The van der Waals surface area contributed by atoms with E-state index in [1.165, 1.54) is 0 Å². The Balaban J connectivity index is 1.81. The van der Waals surface area contributed by atoms with Crippen LogP contribution >= 0.6 is 0 Å². The largest absolute Gasteiger partial charge is 0.481 e. The molecule has 1 amide bonds. The van der Waals surface area contributed by atoms with Crippen molar-refractivity contribution < 1.29 is 14.7 Å². The van der Waals surface area contributed by atoms with E-state index in [1.807, 2.05) is 0 Å². The van der Waals surface area contributed by atoms with Crippen LogP contribution in [0.2, 0.25) is 0 Å². The summed E-state index contributed by atoms with van der Waals surface area (Å²) < 4.78 is 0. The van der Waals surface area contributed by atoms with E-state index in [4.69, 9.17) is 5.11 Å². The number of aromatic nitrogens is 1. The van der Waals surface area contributed by atoms with E-state index >= 15 is 0 Å². The first kappa shape index (κ1) is 9.76. The second-order valence-electron chi connectivity index (χ2n) is 3.76. The smallest absolute Gasteiger partial charge is 0.306 e. The number of aliphatic carboxylic acids is 1. The van der Waals surface area contributed by atoms with Gasteiger partial charge in [-0.1, -0.05) is 0 Å². The topological polar surface area (TPSA) is 82.2 Å². The Morgan fingerprint density at radius 1 is 1.47 bits per heavy atom. The number of H-pyrrole nitrogens is 1. The van der Waals surface area contributed by atoms with E-state index in [9.17, 15) is 9.59 Å². The Morgan fingerprint density at radius 2 is 2.20 bits per heavy atom. The zero-order chi connectivity index (χ0) is 10.8. The minimum atomic E-state index is -0.777. The van der Waals surface area contributed by atoms with Crippen LogP contribution in [-0.2, 0) is 4.79 Å². The quantitative estimate of drug-likeness (QED) is 0.680. The van der Waals surface area contributed by atoms with Crippen molar-refractivity contribution in [2.45, 2.75) is 18.9 Å². The maximum Gasteiger partial charge on any atom is 0.306 e. The lowest BCUT2D eigenvalue weighted by molar-refractivity contribution is -0.145. The van der Waals surface area contributed by atoms with Crippen LogP contribution < -0.4 is 5.32 Å². The van der Waals surface area contributed by atoms with Gasteiger partial charge in [0.1, 0.15) is 5.69 Å². The molecule has 5 nitrogen and oxygen atoms in total. The number of carboxylic acids is 1. The van der Waals surface area contributed by atoms with Crippen molar-refractivity contribution >= 4 is 11.9 Å². The molecule has 80 valence electrons. The Morgan fingerprint density at radius 3 is 2.73 bits per heavy atom. The van der Waals surface area contributed by atoms with E-state index in [1.54, 1.807) is 18.3 Å². The van der Waals surface area contributed by atoms with Crippen LogP contribution in [0.4, 0.5) is 0 Å². The lowest BCUT2D eigenvalue weighted by atomic mass is 9.80. The minimum Gasteiger partial charge on any atom is -0.481 e. The van der Waals surface area contributed by atoms with Crippen LogP contribution in [0.25, 0.3) is 0 Å². The van der Waals surface area contributed by atoms with Gasteiger partial charge in [0.05, 0.1) is 5.92 Å². The molecule has 3 N–H and O–H groups in total. The summed E-state index contributed by atoms with van der Waals surface area (Å²) in [6.45, 7) is 0. The van der Waals surface area contributed by atoms with Crippen molar-refractivity contribution in [2.24, 2.45) is 5.92 Å². The molecule has 1 aromatic heterocycles. The average Bonchev–Trinajstić information content (AvgIpc) is 2.61. The lowest BCUT2D eigenvalue weighted by Gasteiger charge is -2.32. The number of hydrogen-bond donors (Lipinski definition) is 3. The molecule has 0 atom stereocenters. The SMILES string of the molecule is O=C(NC1CC(C(=O)O)C1)c1ccc[nH]1. The van der Waals surface area contributed by atoms with Crippen LogP contribution in [0.3, 0.4) is 0 Å². The van der Waals surface area contributed by atoms with Crippen molar-refractivity contribution in [3.63, 3.8) is 0 Å². The number of rotatable bonds is 3. The van der Waals surface area contributed by atoms with Crippen LogP contribution in [0.15, 0.2) is 18.3 Å². The van der Waals surface area contributed by atoms with Gasteiger partial charge in [0.15, 0.2) is 0 Å². The maximum atomic E-state index is 11.5. The summed E-state index contributed by atoms with van der Waals surface area (Å²) in [5, 5.41) is 11.4. The summed E-state index contributed by atoms with van der Waals surface area (Å²) in [6.07, 6.45) is 2.74. The van der Waals surface area contributed by atoms with Gasteiger partial charge in [-0.25, -0.2) is 0 Å². The Bertz CT molecular complexity index is 366. The van der Waals surface area contributed by atoms with Crippen molar-refractivity contribution in [3.8, 4) is 0 Å². The molecule has 1 aliphatic rings. The average molecular weight is 208 g/mol. The molecule has 0 aliphatic heterocycles. The van der Waals surface area contributed by atoms with Crippen molar-refractivity contribution in [2.75, 3.05) is 0 Å². The summed E-state index contributed by atoms with van der Waals surface area (Å²) in [5.41, 5.74) is 0.508. The monoisotopic (exact) mass is 208 g/mol. The van der Waals surface area contributed by atoms with Gasteiger partial charge in [-0.3, -0.25) is 9.59 Å². The first-order valence-electron chi connectivity index (χ1n) is 4.84. The number of amides is 1. The highest BCUT2D eigenvalue weighted by Gasteiger charge is 2.35. The van der Waals surface area contributed by atoms with Crippen LogP contribution in [-0.4, -0.2) is 28.0 Å². The lowest BCUT2D eigenvalue weighted by Crippen LogP contribution is -2.46. The fourth-order valence-corrected chi connectivity index (χ4v) is 1.67. The van der Waals surface area contributed by atoms with Gasteiger partial charge in [-0.2, -0.15) is 0 Å². The molecule has 1 saturated carbocycles. The van der Waals surface area contributed by atoms with E-state index in [0.29, 0.717) is 18.5 Å². The molecule has 0 saturated heterocycles. The third-order valence-corrected chi connectivity index (χ3v) is 2.67. The number of nitrogens with one attached hydrogen (secondary N) is 2. The maximum absolute atomic E-state index is 11.5. The zero-order valence-electron chi connectivity index (χ0n) is 8.06. The second-order valence-corrected chi connectivity index (χ2v) is 3.76. The normalized spacial score (nSPS) is 24.3. The molecule has 1 aromatic rings. The van der Waals surface area contributed by atoms with Gasteiger partial charge in [0.2, 0.25) is 0 Å². The van der Waals surface area contributed by atoms with Gasteiger partial charge in [-0.15, -0.1) is 0 Å². The van der Waals surface area contributed by atoms with Gasteiger partial charge in [0.25, 0.3) is 5.91 Å². The molecule has 0 radical (unpaired) electrons. The van der Waals surface area contributed by atoms with Crippen molar-refractivity contribution in [3.05, 3.63) is 24.0 Å². The summed E-state index contributed by atoms with van der Waals surface area (Å²) in [4.78, 5) is 24.8. The molecule has 2 rings (SSSR count). The Labute approximate surface area is 86.5 Å². The molecule has 0 unspecified atom stereocenters. The highest BCUT2D eigenvalue weighted by molar-refractivity contribution is 5.92. The van der Waals surface area contributed by atoms with Crippen LogP contribution in [0, 0.1) is 5.92 Å². The number of carbonyl (C=O) groups excluding carboxylic acids is 1. The third-order valence-electron chi connectivity index (χ3n) is 2.67. The van der Waals surface area contributed by atoms with E-state index < -0.39 is 5.97 Å². The predicted octanol–water partition coefficient (Wildman–Crippen LogP) is 0.608.